The molecule has 2 N–H and O–H groups in total. The van der Waals surface area contributed by atoms with Gasteiger partial charge in [0.05, 0.1) is 12.4 Å². The van der Waals surface area contributed by atoms with Gasteiger partial charge in [-0.25, -0.2) is 19.0 Å². The van der Waals surface area contributed by atoms with Crippen molar-refractivity contribution in [2.24, 2.45) is 11.8 Å². The van der Waals surface area contributed by atoms with E-state index >= 15 is 0 Å². The van der Waals surface area contributed by atoms with Gasteiger partial charge in [-0.1, -0.05) is 26.5 Å². The van der Waals surface area contributed by atoms with Crippen molar-refractivity contribution >= 4 is 75.1 Å². The minimum atomic E-state index is 0.0289. The molecule has 0 saturated heterocycles. The molecule has 2 aliphatic carbocycles. The van der Waals surface area contributed by atoms with Crippen molar-refractivity contribution in [3.05, 3.63) is 91.0 Å². The zero-order valence-electron chi connectivity index (χ0n) is 30.7. The van der Waals surface area contributed by atoms with Crippen LogP contribution in [0.15, 0.2) is 100 Å². The van der Waals surface area contributed by atoms with Crippen LogP contribution in [0.2, 0.25) is 0 Å². The summed E-state index contributed by atoms with van der Waals surface area (Å²) >= 11 is 2.85. The van der Waals surface area contributed by atoms with Crippen LogP contribution in [0, 0.1) is 11.8 Å². The highest BCUT2D eigenvalue weighted by atomic mass is 32.2. The van der Waals surface area contributed by atoms with E-state index in [1.165, 1.54) is 29.1 Å². The van der Waals surface area contributed by atoms with Gasteiger partial charge in [-0.15, -0.1) is 20.4 Å². The minimum absolute atomic E-state index is 0.0289. The van der Waals surface area contributed by atoms with Gasteiger partial charge in [0, 0.05) is 24.2 Å². The van der Waals surface area contributed by atoms with Crippen LogP contribution < -0.4 is 10.6 Å². The molecule has 0 bridgehead atoms. The average molecular weight is 785 g/mol. The lowest BCUT2D eigenvalue weighted by Gasteiger charge is -2.06. The third kappa shape index (κ3) is 7.57. The summed E-state index contributed by atoms with van der Waals surface area (Å²) in [5, 5.41) is 34.9. The SMILES string of the molecule is C=C(C)c1ccc2nnc(Sc3ccc4nc(NC(=O)C5CC5)cn4n3)n2c1.CC(C)c1ccc2nnc(Sc3ccc4nc(NC(=O)C5CC5)cn4n3)n2c1. The maximum absolute atomic E-state index is 11.9. The van der Waals surface area contributed by atoms with E-state index in [2.05, 4.69) is 83.9 Å². The molecule has 56 heavy (non-hydrogen) atoms. The molecule has 8 aromatic heterocycles. The molecule has 16 nitrogen and oxygen atoms in total. The summed E-state index contributed by atoms with van der Waals surface area (Å²) in [5.74, 6) is 1.81. The molecular weight excluding hydrogens is 749 g/mol. The molecular formula is C38H36N14O2S2. The summed E-state index contributed by atoms with van der Waals surface area (Å²) in [6, 6.07) is 15.5. The number of rotatable bonds is 10. The largest absolute Gasteiger partial charge is 0.309 e. The van der Waals surface area contributed by atoms with Gasteiger partial charge in [0.2, 0.25) is 22.1 Å². The molecule has 2 aliphatic rings. The number of aromatic nitrogens is 12. The van der Waals surface area contributed by atoms with Crippen LogP contribution in [-0.4, -0.2) is 70.2 Å². The number of imidazole rings is 2. The number of hydrogen-bond acceptors (Lipinski definition) is 12. The number of allylic oxidation sites excluding steroid dienone is 1. The van der Waals surface area contributed by atoms with E-state index in [1.807, 2.05) is 64.4 Å². The van der Waals surface area contributed by atoms with E-state index in [1.54, 1.807) is 21.4 Å². The maximum Gasteiger partial charge on any atom is 0.228 e. The van der Waals surface area contributed by atoms with Crippen LogP contribution in [0.1, 0.15) is 63.5 Å². The molecule has 2 amide bonds. The number of pyridine rings is 2. The van der Waals surface area contributed by atoms with Gasteiger partial charge in [-0.3, -0.25) is 18.4 Å². The number of nitrogens with zero attached hydrogens (tertiary/aromatic N) is 12. The van der Waals surface area contributed by atoms with Gasteiger partial charge in [0.15, 0.2) is 34.2 Å². The Labute approximate surface area is 328 Å². The zero-order chi connectivity index (χ0) is 38.5. The predicted octanol–water partition coefficient (Wildman–Crippen LogP) is 6.70. The lowest BCUT2D eigenvalue weighted by molar-refractivity contribution is -0.118. The van der Waals surface area contributed by atoms with Crippen molar-refractivity contribution in [1.29, 1.82) is 0 Å². The fraction of sp³-hybridized carbons (Fsp3) is 0.263. The molecule has 0 unspecified atom stereocenters. The number of fused-ring (bicyclic) bond motifs is 4. The summed E-state index contributed by atoms with van der Waals surface area (Å²) in [5.41, 5.74) is 6.16. The van der Waals surface area contributed by atoms with E-state index < -0.39 is 0 Å². The van der Waals surface area contributed by atoms with Crippen LogP contribution in [-0.2, 0) is 9.59 Å². The summed E-state index contributed by atoms with van der Waals surface area (Å²) in [6.45, 7) is 10.3. The van der Waals surface area contributed by atoms with Crippen LogP contribution in [0.5, 0.6) is 0 Å². The summed E-state index contributed by atoms with van der Waals surface area (Å²) in [6.07, 6.45) is 11.3. The summed E-state index contributed by atoms with van der Waals surface area (Å²) < 4.78 is 7.25. The van der Waals surface area contributed by atoms with E-state index in [-0.39, 0.29) is 23.7 Å². The summed E-state index contributed by atoms with van der Waals surface area (Å²) in [7, 11) is 0. The molecule has 282 valence electrons. The second kappa shape index (κ2) is 14.5. The maximum atomic E-state index is 11.9. The fourth-order valence-corrected chi connectivity index (χ4v) is 7.34. The first-order valence-corrected chi connectivity index (χ1v) is 19.8. The van der Waals surface area contributed by atoms with E-state index in [4.69, 9.17) is 0 Å². The number of carbonyl (C=O) groups excluding carboxylic acids is 2. The van der Waals surface area contributed by atoms with Gasteiger partial charge in [-0.2, -0.15) is 10.2 Å². The van der Waals surface area contributed by atoms with Crippen LogP contribution >= 0.6 is 23.5 Å². The van der Waals surface area contributed by atoms with Gasteiger partial charge in [-0.05, 0) is 121 Å². The lowest BCUT2D eigenvalue weighted by atomic mass is 10.1. The highest BCUT2D eigenvalue weighted by molar-refractivity contribution is 7.99. The van der Waals surface area contributed by atoms with E-state index in [0.717, 1.165) is 63.3 Å². The Morgan fingerprint density at radius 3 is 1.62 bits per heavy atom. The molecule has 2 fully saturated rings. The Bertz CT molecular complexity index is 2810. The van der Waals surface area contributed by atoms with Gasteiger partial charge in [0.1, 0.15) is 10.1 Å². The first-order chi connectivity index (χ1) is 27.1. The summed E-state index contributed by atoms with van der Waals surface area (Å²) in [4.78, 5) is 32.7. The quantitative estimate of drug-likeness (QED) is 0.150. The monoisotopic (exact) mass is 784 g/mol. The Morgan fingerprint density at radius 2 is 1.14 bits per heavy atom. The molecule has 18 heteroatoms. The highest BCUT2D eigenvalue weighted by Crippen LogP contribution is 2.32. The number of nitrogens with one attached hydrogen (secondary N) is 2. The topological polar surface area (TPSA) is 179 Å². The van der Waals surface area contributed by atoms with Gasteiger partial charge in [0.25, 0.3) is 0 Å². The first-order valence-electron chi connectivity index (χ1n) is 18.2. The van der Waals surface area contributed by atoms with Crippen LogP contribution in [0.3, 0.4) is 0 Å². The molecule has 0 aliphatic heterocycles. The van der Waals surface area contributed by atoms with Crippen molar-refractivity contribution in [2.45, 2.75) is 72.7 Å². The second-order valence-corrected chi connectivity index (χ2v) is 16.1. The van der Waals surface area contributed by atoms with Crippen LogP contribution in [0.25, 0.3) is 28.2 Å². The lowest BCUT2D eigenvalue weighted by Crippen LogP contribution is -2.13. The van der Waals surface area contributed by atoms with Crippen molar-refractivity contribution in [3.63, 3.8) is 0 Å². The molecule has 0 aromatic carbocycles. The third-order valence-electron chi connectivity index (χ3n) is 9.31. The normalized spacial score (nSPS) is 14.1. The Morgan fingerprint density at radius 1 is 0.661 bits per heavy atom. The van der Waals surface area contributed by atoms with Crippen molar-refractivity contribution in [1.82, 2.24) is 58.4 Å². The van der Waals surface area contributed by atoms with Crippen LogP contribution in [0.4, 0.5) is 11.6 Å². The van der Waals surface area contributed by atoms with E-state index in [0.29, 0.717) is 34.0 Å². The average Bonchev–Trinajstić information content (AvgIpc) is 4.07. The number of hydrogen-bond donors (Lipinski definition) is 2. The smallest absolute Gasteiger partial charge is 0.228 e. The van der Waals surface area contributed by atoms with Crippen molar-refractivity contribution in [3.8, 4) is 0 Å². The predicted molar refractivity (Wildman–Crippen MR) is 212 cm³/mol. The fourth-order valence-electron chi connectivity index (χ4n) is 5.78. The van der Waals surface area contributed by atoms with Crippen molar-refractivity contribution < 1.29 is 9.59 Å². The first kappa shape index (κ1) is 35.6. The number of amides is 2. The van der Waals surface area contributed by atoms with Gasteiger partial charge >= 0.3 is 0 Å². The molecule has 0 spiro atoms. The molecule has 8 aromatic rings. The minimum Gasteiger partial charge on any atom is -0.309 e. The third-order valence-corrected chi connectivity index (χ3v) is 11.1. The molecule has 8 heterocycles. The standard InChI is InChI=1S/C19H19N7OS.C19H17N7OS/c2*1-11(2)13-5-6-16-22-23-19(25(16)9-13)28-17-8-7-15-20-14(10-26(15)24-17)21-18(27)12-3-4-12/h5-12H,3-4H2,1-2H3,(H,21,27);5-10,12H,1,3-4H2,2H3,(H,21,27). The Kier molecular flexibility index (Phi) is 9.21. The zero-order valence-corrected chi connectivity index (χ0v) is 32.3. The Balaban J connectivity index is 0.000000146. The number of carbonyl (C=O) groups is 2. The van der Waals surface area contributed by atoms with Gasteiger partial charge < -0.3 is 10.6 Å². The molecule has 0 atom stereocenters. The molecule has 10 rings (SSSR count). The second-order valence-electron chi connectivity index (χ2n) is 14.2. The molecule has 2 saturated carbocycles. The highest BCUT2D eigenvalue weighted by Gasteiger charge is 2.31. The van der Waals surface area contributed by atoms with Crippen molar-refractivity contribution in [2.75, 3.05) is 10.6 Å². The Hall–Kier alpha value is -6.14. The number of anilines is 2. The molecule has 0 radical (unpaired) electrons. The van der Waals surface area contributed by atoms with E-state index in [9.17, 15) is 9.59 Å².